The number of halogens is 1. The SMILES string of the molecule is CCC1CNC2(CCCCC2)CN1C/C=C/Cl. The van der Waals surface area contributed by atoms with Crippen molar-refractivity contribution in [2.24, 2.45) is 0 Å². The molecule has 1 saturated carbocycles. The molecule has 2 fully saturated rings. The minimum atomic E-state index is 0.407. The third-order valence-corrected chi connectivity index (χ3v) is 4.62. The van der Waals surface area contributed by atoms with Crippen LogP contribution in [-0.4, -0.2) is 36.1 Å². The lowest BCUT2D eigenvalue weighted by Gasteiger charge is -2.49. The molecule has 1 heterocycles. The lowest BCUT2D eigenvalue weighted by Crippen LogP contribution is -2.64. The molecule has 0 aromatic heterocycles. The van der Waals surface area contributed by atoms with E-state index in [1.165, 1.54) is 45.1 Å². The van der Waals surface area contributed by atoms with Crippen LogP contribution in [-0.2, 0) is 0 Å². The zero-order valence-corrected chi connectivity index (χ0v) is 11.7. The van der Waals surface area contributed by atoms with Crippen LogP contribution in [0.2, 0.25) is 0 Å². The maximum atomic E-state index is 5.67. The molecule has 2 aliphatic rings. The molecule has 0 bridgehead atoms. The van der Waals surface area contributed by atoms with Crippen LogP contribution < -0.4 is 5.32 Å². The summed E-state index contributed by atoms with van der Waals surface area (Å²) in [5.74, 6) is 0. The summed E-state index contributed by atoms with van der Waals surface area (Å²) in [6, 6.07) is 0.676. The van der Waals surface area contributed by atoms with Crippen molar-refractivity contribution in [1.29, 1.82) is 0 Å². The van der Waals surface area contributed by atoms with Gasteiger partial charge in [-0.05, 0) is 19.3 Å². The lowest BCUT2D eigenvalue weighted by molar-refractivity contribution is 0.0629. The fourth-order valence-corrected chi connectivity index (χ4v) is 3.47. The summed E-state index contributed by atoms with van der Waals surface area (Å²) in [7, 11) is 0. The summed E-state index contributed by atoms with van der Waals surface area (Å²) >= 11 is 5.67. The molecule has 1 N–H and O–H groups in total. The first-order valence-electron chi connectivity index (χ1n) is 7.04. The largest absolute Gasteiger partial charge is 0.308 e. The third-order valence-electron chi connectivity index (χ3n) is 4.45. The topological polar surface area (TPSA) is 15.3 Å². The molecule has 2 rings (SSSR count). The second kappa shape index (κ2) is 6.21. The van der Waals surface area contributed by atoms with Gasteiger partial charge < -0.3 is 5.32 Å². The van der Waals surface area contributed by atoms with E-state index >= 15 is 0 Å². The van der Waals surface area contributed by atoms with Gasteiger partial charge in [-0.25, -0.2) is 0 Å². The molecule has 0 amide bonds. The summed E-state index contributed by atoms with van der Waals surface area (Å²) in [6.07, 6.45) is 10.2. The van der Waals surface area contributed by atoms with Gasteiger partial charge in [0.1, 0.15) is 0 Å². The van der Waals surface area contributed by atoms with Crippen LogP contribution in [0.3, 0.4) is 0 Å². The van der Waals surface area contributed by atoms with Crippen LogP contribution in [0.25, 0.3) is 0 Å². The van der Waals surface area contributed by atoms with E-state index in [4.69, 9.17) is 11.6 Å². The average Bonchev–Trinajstić information content (AvgIpc) is 2.37. The van der Waals surface area contributed by atoms with E-state index in [-0.39, 0.29) is 0 Å². The van der Waals surface area contributed by atoms with Gasteiger partial charge in [-0.2, -0.15) is 0 Å². The minimum Gasteiger partial charge on any atom is -0.308 e. The van der Waals surface area contributed by atoms with Gasteiger partial charge in [-0.15, -0.1) is 0 Å². The van der Waals surface area contributed by atoms with E-state index in [1.807, 2.05) is 0 Å². The number of nitrogens with zero attached hydrogens (tertiary/aromatic N) is 1. The van der Waals surface area contributed by atoms with Gasteiger partial charge in [0, 0.05) is 36.8 Å². The van der Waals surface area contributed by atoms with E-state index in [0.29, 0.717) is 11.6 Å². The number of hydrogen-bond acceptors (Lipinski definition) is 2. The standard InChI is InChI=1S/C14H25ClN2/c1-2-13-11-16-14(7-4-3-5-8-14)12-17(13)10-6-9-15/h6,9,13,16H,2-5,7-8,10-12H2,1H3/b9-6+. The first kappa shape index (κ1) is 13.4. The highest BCUT2D eigenvalue weighted by molar-refractivity contribution is 6.25. The maximum Gasteiger partial charge on any atom is 0.0309 e. The van der Waals surface area contributed by atoms with Crippen LogP contribution in [0.1, 0.15) is 45.4 Å². The molecule has 3 heteroatoms. The van der Waals surface area contributed by atoms with Crippen LogP contribution >= 0.6 is 11.6 Å². The van der Waals surface area contributed by atoms with E-state index in [9.17, 15) is 0 Å². The summed E-state index contributed by atoms with van der Waals surface area (Å²) in [5.41, 5.74) is 2.06. The molecular formula is C14H25ClN2. The maximum absolute atomic E-state index is 5.67. The van der Waals surface area contributed by atoms with E-state index < -0.39 is 0 Å². The lowest BCUT2D eigenvalue weighted by atomic mass is 9.79. The Morgan fingerprint density at radius 3 is 2.76 bits per heavy atom. The minimum absolute atomic E-state index is 0.407. The van der Waals surface area contributed by atoms with Crippen molar-refractivity contribution in [3.05, 3.63) is 11.6 Å². The molecule has 1 aliphatic heterocycles. The Balaban J connectivity index is 1.99. The fourth-order valence-electron chi connectivity index (χ4n) is 3.39. The third kappa shape index (κ3) is 3.24. The highest BCUT2D eigenvalue weighted by Crippen LogP contribution is 2.32. The summed E-state index contributed by atoms with van der Waals surface area (Å²) in [4.78, 5) is 2.61. The molecular weight excluding hydrogens is 232 g/mol. The van der Waals surface area contributed by atoms with E-state index in [2.05, 4.69) is 23.2 Å². The predicted molar refractivity (Wildman–Crippen MR) is 74.5 cm³/mol. The zero-order valence-electron chi connectivity index (χ0n) is 10.9. The van der Waals surface area contributed by atoms with Gasteiger partial charge in [0.25, 0.3) is 0 Å². The van der Waals surface area contributed by atoms with Gasteiger partial charge in [-0.3, -0.25) is 4.90 Å². The molecule has 1 unspecified atom stereocenters. The van der Waals surface area contributed by atoms with Crippen molar-refractivity contribution in [1.82, 2.24) is 10.2 Å². The zero-order chi connectivity index (χ0) is 12.1. The van der Waals surface area contributed by atoms with Crippen LogP contribution in [0.5, 0.6) is 0 Å². The van der Waals surface area contributed by atoms with E-state index in [0.717, 1.165) is 13.1 Å². The molecule has 98 valence electrons. The molecule has 1 aliphatic carbocycles. The van der Waals surface area contributed by atoms with Crippen LogP contribution in [0.4, 0.5) is 0 Å². The monoisotopic (exact) mass is 256 g/mol. The Hall–Kier alpha value is -0.0500. The first-order valence-corrected chi connectivity index (χ1v) is 7.47. The second-order valence-electron chi connectivity index (χ2n) is 5.58. The number of piperazine rings is 1. The van der Waals surface area contributed by atoms with Crippen LogP contribution in [0, 0.1) is 0 Å². The molecule has 1 spiro atoms. The molecule has 1 atom stereocenters. The quantitative estimate of drug-likeness (QED) is 0.835. The van der Waals surface area contributed by atoms with Crippen molar-refractivity contribution in [3.63, 3.8) is 0 Å². The van der Waals surface area contributed by atoms with Crippen molar-refractivity contribution < 1.29 is 0 Å². The van der Waals surface area contributed by atoms with Gasteiger partial charge in [0.2, 0.25) is 0 Å². The Morgan fingerprint density at radius 2 is 2.12 bits per heavy atom. The van der Waals surface area contributed by atoms with Gasteiger partial charge in [0.05, 0.1) is 0 Å². The highest BCUT2D eigenvalue weighted by atomic mass is 35.5. The number of rotatable bonds is 3. The predicted octanol–water partition coefficient (Wildman–Crippen LogP) is 3.13. The first-order chi connectivity index (χ1) is 8.29. The average molecular weight is 257 g/mol. The van der Waals surface area contributed by atoms with Crippen molar-refractivity contribution in [3.8, 4) is 0 Å². The normalized spacial score (nSPS) is 30.1. The molecule has 1 saturated heterocycles. The van der Waals surface area contributed by atoms with Crippen molar-refractivity contribution >= 4 is 11.6 Å². The summed E-state index contributed by atoms with van der Waals surface area (Å²) in [5, 5.41) is 3.84. The molecule has 0 radical (unpaired) electrons. The van der Waals surface area contributed by atoms with Crippen molar-refractivity contribution in [2.75, 3.05) is 19.6 Å². The Kier molecular flexibility index (Phi) is 4.89. The number of hydrogen-bond donors (Lipinski definition) is 1. The Bertz CT molecular complexity index is 259. The summed E-state index contributed by atoms with van der Waals surface area (Å²) < 4.78 is 0. The van der Waals surface area contributed by atoms with E-state index in [1.54, 1.807) is 5.54 Å². The Labute approximate surface area is 110 Å². The van der Waals surface area contributed by atoms with Gasteiger partial charge in [0.15, 0.2) is 0 Å². The highest BCUT2D eigenvalue weighted by Gasteiger charge is 2.38. The second-order valence-corrected chi connectivity index (χ2v) is 5.83. The fraction of sp³-hybridized carbons (Fsp3) is 0.857. The molecule has 0 aromatic carbocycles. The molecule has 2 nitrogen and oxygen atoms in total. The van der Waals surface area contributed by atoms with Crippen LogP contribution in [0.15, 0.2) is 11.6 Å². The Morgan fingerprint density at radius 1 is 1.35 bits per heavy atom. The summed E-state index contributed by atoms with van der Waals surface area (Å²) in [6.45, 7) is 5.63. The molecule has 17 heavy (non-hydrogen) atoms. The van der Waals surface area contributed by atoms with Gasteiger partial charge >= 0.3 is 0 Å². The number of nitrogens with one attached hydrogen (secondary N) is 1. The van der Waals surface area contributed by atoms with Gasteiger partial charge in [-0.1, -0.05) is 43.9 Å². The van der Waals surface area contributed by atoms with Crippen molar-refractivity contribution in [2.45, 2.75) is 57.0 Å². The smallest absolute Gasteiger partial charge is 0.0309 e. The molecule has 0 aromatic rings.